The third-order valence-electron chi connectivity index (χ3n) is 2.90. The molecule has 0 saturated heterocycles. The maximum Gasteiger partial charge on any atom is 0.140 e. The van der Waals surface area contributed by atoms with Crippen LogP contribution in [0.2, 0.25) is 0 Å². The zero-order chi connectivity index (χ0) is 10.7. The molecule has 1 fully saturated rings. The van der Waals surface area contributed by atoms with E-state index in [2.05, 4.69) is 26.2 Å². The molecule has 1 aromatic heterocycles. The molecule has 1 saturated carbocycles. The van der Waals surface area contributed by atoms with Gasteiger partial charge in [0.15, 0.2) is 0 Å². The van der Waals surface area contributed by atoms with Crippen molar-refractivity contribution in [2.24, 2.45) is 5.92 Å². The van der Waals surface area contributed by atoms with Gasteiger partial charge in [-0.1, -0.05) is 12.8 Å². The van der Waals surface area contributed by atoms with Crippen molar-refractivity contribution >= 4 is 27.4 Å². The highest BCUT2D eigenvalue weighted by molar-refractivity contribution is 9.10. The molecular weight excluding hydrogens is 254 g/mol. The minimum Gasteiger partial charge on any atom is -0.397 e. The van der Waals surface area contributed by atoms with Crippen LogP contribution in [0.3, 0.4) is 0 Å². The van der Waals surface area contributed by atoms with Crippen LogP contribution in [0.15, 0.2) is 16.7 Å². The minimum atomic E-state index is 0.688. The molecule has 0 aromatic carbocycles. The van der Waals surface area contributed by atoms with Crippen LogP contribution in [0.4, 0.5) is 11.5 Å². The summed E-state index contributed by atoms with van der Waals surface area (Å²) in [5.41, 5.74) is 6.31. The molecule has 0 aliphatic heterocycles. The molecule has 3 nitrogen and oxygen atoms in total. The third-order valence-corrected chi connectivity index (χ3v) is 3.50. The topological polar surface area (TPSA) is 50.9 Å². The molecule has 1 aliphatic carbocycles. The summed E-state index contributed by atoms with van der Waals surface area (Å²) in [6.07, 6.45) is 7.13. The molecule has 1 heterocycles. The number of rotatable bonds is 3. The quantitative estimate of drug-likeness (QED) is 0.887. The van der Waals surface area contributed by atoms with Crippen molar-refractivity contribution in [3.05, 3.63) is 16.7 Å². The molecule has 3 N–H and O–H groups in total. The van der Waals surface area contributed by atoms with E-state index in [-0.39, 0.29) is 0 Å². The lowest BCUT2D eigenvalue weighted by molar-refractivity contribution is 0.579. The van der Waals surface area contributed by atoms with Crippen LogP contribution in [0.5, 0.6) is 0 Å². The summed E-state index contributed by atoms with van der Waals surface area (Å²) in [7, 11) is 0. The van der Waals surface area contributed by atoms with Gasteiger partial charge in [-0.25, -0.2) is 4.98 Å². The van der Waals surface area contributed by atoms with Crippen LogP contribution in [-0.4, -0.2) is 11.5 Å². The Balaban J connectivity index is 1.92. The number of anilines is 2. The SMILES string of the molecule is Nc1cnc(NCC2CCCC2)c(Br)c1. The first kappa shape index (κ1) is 10.7. The predicted octanol–water partition coefficient (Wildman–Crippen LogP) is 3.03. The fourth-order valence-corrected chi connectivity index (χ4v) is 2.55. The molecular formula is C11H16BrN3. The second-order valence-electron chi connectivity index (χ2n) is 4.13. The Morgan fingerprint density at radius 3 is 2.87 bits per heavy atom. The first-order valence-electron chi connectivity index (χ1n) is 5.40. The van der Waals surface area contributed by atoms with E-state index in [1.165, 1.54) is 25.7 Å². The van der Waals surface area contributed by atoms with Gasteiger partial charge in [0.05, 0.1) is 16.4 Å². The van der Waals surface area contributed by atoms with Gasteiger partial charge in [0.25, 0.3) is 0 Å². The lowest BCUT2D eigenvalue weighted by atomic mass is 10.1. The summed E-state index contributed by atoms with van der Waals surface area (Å²) < 4.78 is 0.945. The van der Waals surface area contributed by atoms with Gasteiger partial charge in [-0.2, -0.15) is 0 Å². The highest BCUT2D eigenvalue weighted by Crippen LogP contribution is 2.26. The zero-order valence-electron chi connectivity index (χ0n) is 8.67. The summed E-state index contributed by atoms with van der Waals surface area (Å²) in [6, 6.07) is 1.88. The Bertz CT molecular complexity index is 335. The van der Waals surface area contributed by atoms with Crippen molar-refractivity contribution in [2.45, 2.75) is 25.7 Å². The van der Waals surface area contributed by atoms with E-state index >= 15 is 0 Å². The Hall–Kier alpha value is -0.770. The van der Waals surface area contributed by atoms with Crippen molar-refractivity contribution in [1.82, 2.24) is 4.98 Å². The van der Waals surface area contributed by atoms with E-state index in [4.69, 9.17) is 5.73 Å². The van der Waals surface area contributed by atoms with Gasteiger partial charge in [-0.3, -0.25) is 0 Å². The molecule has 0 bridgehead atoms. The van der Waals surface area contributed by atoms with Crippen LogP contribution in [0, 0.1) is 5.92 Å². The summed E-state index contributed by atoms with van der Waals surface area (Å²) in [6.45, 7) is 1.02. The van der Waals surface area contributed by atoms with Crippen LogP contribution >= 0.6 is 15.9 Å². The molecule has 0 spiro atoms. The van der Waals surface area contributed by atoms with Crippen molar-refractivity contribution in [1.29, 1.82) is 0 Å². The van der Waals surface area contributed by atoms with Gasteiger partial charge in [-0.15, -0.1) is 0 Å². The predicted molar refractivity (Wildman–Crippen MR) is 66.8 cm³/mol. The summed E-state index contributed by atoms with van der Waals surface area (Å²) in [4.78, 5) is 4.26. The number of pyridine rings is 1. The van der Waals surface area contributed by atoms with E-state index in [1.54, 1.807) is 6.20 Å². The second-order valence-corrected chi connectivity index (χ2v) is 4.98. The summed E-state index contributed by atoms with van der Waals surface area (Å²) in [5, 5.41) is 3.37. The second kappa shape index (κ2) is 4.84. The van der Waals surface area contributed by atoms with Gasteiger partial charge in [0.2, 0.25) is 0 Å². The lowest BCUT2D eigenvalue weighted by Gasteiger charge is -2.12. The normalized spacial score (nSPS) is 16.9. The number of nitrogens with two attached hydrogens (primary N) is 1. The monoisotopic (exact) mass is 269 g/mol. The number of halogens is 1. The van der Waals surface area contributed by atoms with E-state index in [1.807, 2.05) is 6.07 Å². The lowest BCUT2D eigenvalue weighted by Crippen LogP contribution is -2.12. The standard InChI is InChI=1S/C11H16BrN3/c12-10-5-9(13)7-15-11(10)14-6-8-3-1-2-4-8/h5,7-8H,1-4,6,13H2,(H,14,15). The fourth-order valence-electron chi connectivity index (χ4n) is 2.04. The third kappa shape index (κ3) is 2.84. The van der Waals surface area contributed by atoms with Crippen LogP contribution < -0.4 is 11.1 Å². The van der Waals surface area contributed by atoms with Crippen molar-refractivity contribution < 1.29 is 0 Å². The molecule has 0 atom stereocenters. The van der Waals surface area contributed by atoms with Crippen LogP contribution in [-0.2, 0) is 0 Å². The summed E-state index contributed by atoms with van der Waals surface area (Å²) in [5.74, 6) is 1.72. The Morgan fingerprint density at radius 1 is 1.47 bits per heavy atom. The molecule has 1 aliphatic rings. The minimum absolute atomic E-state index is 0.688. The van der Waals surface area contributed by atoms with Crippen molar-refractivity contribution in [3.8, 4) is 0 Å². The number of aromatic nitrogens is 1. The highest BCUT2D eigenvalue weighted by Gasteiger charge is 2.15. The van der Waals surface area contributed by atoms with Crippen molar-refractivity contribution in [3.63, 3.8) is 0 Å². The van der Waals surface area contributed by atoms with Gasteiger partial charge in [-0.05, 0) is 40.8 Å². The molecule has 15 heavy (non-hydrogen) atoms. The van der Waals surface area contributed by atoms with Gasteiger partial charge >= 0.3 is 0 Å². The Kier molecular flexibility index (Phi) is 3.46. The van der Waals surface area contributed by atoms with E-state index in [0.29, 0.717) is 5.69 Å². The average molecular weight is 270 g/mol. The van der Waals surface area contributed by atoms with Crippen LogP contribution in [0.1, 0.15) is 25.7 Å². The first-order valence-corrected chi connectivity index (χ1v) is 6.20. The van der Waals surface area contributed by atoms with Gasteiger partial charge in [0.1, 0.15) is 5.82 Å². The maximum absolute atomic E-state index is 5.63. The zero-order valence-corrected chi connectivity index (χ0v) is 10.3. The Morgan fingerprint density at radius 2 is 2.20 bits per heavy atom. The fraction of sp³-hybridized carbons (Fsp3) is 0.545. The molecule has 82 valence electrons. The smallest absolute Gasteiger partial charge is 0.140 e. The van der Waals surface area contributed by atoms with Crippen molar-refractivity contribution in [2.75, 3.05) is 17.6 Å². The first-order chi connectivity index (χ1) is 7.25. The van der Waals surface area contributed by atoms with E-state index in [9.17, 15) is 0 Å². The largest absolute Gasteiger partial charge is 0.397 e. The molecule has 0 amide bonds. The Labute approximate surface area is 98.6 Å². The average Bonchev–Trinajstić information content (AvgIpc) is 2.69. The molecule has 2 rings (SSSR count). The molecule has 0 unspecified atom stereocenters. The molecule has 0 radical (unpaired) electrons. The van der Waals surface area contributed by atoms with E-state index in [0.717, 1.165) is 22.8 Å². The number of nitrogens with zero attached hydrogens (tertiary/aromatic N) is 1. The molecule has 1 aromatic rings. The summed E-state index contributed by atoms with van der Waals surface area (Å²) >= 11 is 3.45. The number of hydrogen-bond acceptors (Lipinski definition) is 3. The van der Waals surface area contributed by atoms with Gasteiger partial charge < -0.3 is 11.1 Å². The highest BCUT2D eigenvalue weighted by atomic mass is 79.9. The number of nitrogen functional groups attached to an aromatic ring is 1. The number of hydrogen-bond donors (Lipinski definition) is 2. The van der Waals surface area contributed by atoms with E-state index < -0.39 is 0 Å². The maximum atomic E-state index is 5.63. The van der Waals surface area contributed by atoms with Gasteiger partial charge in [0, 0.05) is 6.54 Å². The molecule has 4 heteroatoms. The number of nitrogens with one attached hydrogen (secondary N) is 1. The van der Waals surface area contributed by atoms with Crippen LogP contribution in [0.25, 0.3) is 0 Å².